The summed E-state index contributed by atoms with van der Waals surface area (Å²) in [6, 6.07) is 5.73. The average Bonchev–Trinajstić information content (AvgIpc) is 2.59. The number of nitrogens with one attached hydrogen (secondary N) is 2. The van der Waals surface area contributed by atoms with Gasteiger partial charge in [-0.3, -0.25) is 9.59 Å². The van der Waals surface area contributed by atoms with E-state index in [9.17, 15) is 14.0 Å². The summed E-state index contributed by atoms with van der Waals surface area (Å²) >= 11 is 0. The molecule has 0 heterocycles. The van der Waals surface area contributed by atoms with Crippen LogP contribution in [0.4, 0.5) is 10.1 Å². The minimum atomic E-state index is -0.324. The van der Waals surface area contributed by atoms with Gasteiger partial charge in [0.1, 0.15) is 5.82 Å². The van der Waals surface area contributed by atoms with Crippen LogP contribution < -0.4 is 10.6 Å². The number of halogens is 1. The summed E-state index contributed by atoms with van der Waals surface area (Å²) in [5.41, 5.74) is 0.472. The summed E-state index contributed by atoms with van der Waals surface area (Å²) in [7, 11) is 0. The highest BCUT2D eigenvalue weighted by molar-refractivity contribution is 5.90. The van der Waals surface area contributed by atoms with Crippen LogP contribution in [0.1, 0.15) is 51.4 Å². The number of hydrogen-bond acceptors (Lipinski definition) is 2. The van der Waals surface area contributed by atoms with Gasteiger partial charge in [-0.15, -0.1) is 0 Å². The summed E-state index contributed by atoms with van der Waals surface area (Å²) < 4.78 is 12.9. The second-order valence-corrected chi connectivity index (χ2v) is 8.61. The molecule has 0 aromatic heterocycles. The molecule has 2 amide bonds. The van der Waals surface area contributed by atoms with Crippen molar-refractivity contribution < 1.29 is 14.0 Å². The van der Waals surface area contributed by atoms with E-state index in [0.717, 1.165) is 37.0 Å². The molecule has 4 saturated carbocycles. The number of carbonyl (C=O) groups is 2. The van der Waals surface area contributed by atoms with Crippen LogP contribution >= 0.6 is 0 Å². The van der Waals surface area contributed by atoms with Crippen LogP contribution in [0, 0.1) is 29.0 Å². The maximum atomic E-state index is 12.9. The molecule has 0 saturated heterocycles. The van der Waals surface area contributed by atoms with Crippen molar-refractivity contribution >= 4 is 17.5 Å². The standard InChI is InChI=1S/C21H27FN2O2/c22-17-3-5-18(6-4-17)24-19(25)2-1-7-23-20(26)21-11-14-8-15(12-21)10-16(9-14)13-21/h3-6,14-16H,1-2,7-13H2,(H,23,26)(H,24,25). The Labute approximate surface area is 153 Å². The van der Waals surface area contributed by atoms with Gasteiger partial charge in [0.15, 0.2) is 0 Å². The molecule has 0 spiro atoms. The Balaban J connectivity index is 1.21. The molecule has 26 heavy (non-hydrogen) atoms. The van der Waals surface area contributed by atoms with Crippen LogP contribution in [0.5, 0.6) is 0 Å². The summed E-state index contributed by atoms with van der Waals surface area (Å²) in [5, 5.41) is 5.85. The lowest BCUT2D eigenvalue weighted by Crippen LogP contribution is -2.53. The second kappa shape index (κ2) is 7.01. The zero-order valence-electron chi connectivity index (χ0n) is 15.1. The minimum Gasteiger partial charge on any atom is -0.356 e. The van der Waals surface area contributed by atoms with Gasteiger partial charge in [-0.05, 0) is 87.0 Å². The van der Waals surface area contributed by atoms with Crippen molar-refractivity contribution in [2.75, 3.05) is 11.9 Å². The zero-order chi connectivity index (χ0) is 18.1. The molecule has 1 aromatic rings. The van der Waals surface area contributed by atoms with Gasteiger partial charge < -0.3 is 10.6 Å². The van der Waals surface area contributed by atoms with Gasteiger partial charge in [-0.1, -0.05) is 0 Å². The molecule has 0 radical (unpaired) electrons. The van der Waals surface area contributed by atoms with Crippen LogP contribution in [0.3, 0.4) is 0 Å². The largest absolute Gasteiger partial charge is 0.356 e. The highest BCUT2D eigenvalue weighted by Crippen LogP contribution is 2.60. The van der Waals surface area contributed by atoms with E-state index in [2.05, 4.69) is 10.6 Å². The Morgan fingerprint density at radius 2 is 1.58 bits per heavy atom. The molecule has 1 aromatic carbocycles. The molecule has 4 fully saturated rings. The van der Waals surface area contributed by atoms with E-state index in [1.807, 2.05) is 0 Å². The first kappa shape index (κ1) is 17.5. The monoisotopic (exact) mass is 358 g/mol. The van der Waals surface area contributed by atoms with Crippen LogP contribution in [0.2, 0.25) is 0 Å². The SMILES string of the molecule is O=C(CCCNC(=O)C12CC3CC(CC(C3)C1)C2)Nc1ccc(F)cc1. The van der Waals surface area contributed by atoms with E-state index in [1.165, 1.54) is 31.4 Å². The van der Waals surface area contributed by atoms with Crippen molar-refractivity contribution in [3.8, 4) is 0 Å². The molecule has 4 aliphatic rings. The lowest BCUT2D eigenvalue weighted by atomic mass is 9.49. The van der Waals surface area contributed by atoms with E-state index in [1.54, 1.807) is 12.1 Å². The van der Waals surface area contributed by atoms with Crippen molar-refractivity contribution in [3.63, 3.8) is 0 Å². The highest BCUT2D eigenvalue weighted by Gasteiger charge is 2.54. The summed E-state index contributed by atoms with van der Waals surface area (Å²) in [6.45, 7) is 0.539. The van der Waals surface area contributed by atoms with Crippen molar-refractivity contribution in [2.24, 2.45) is 23.2 Å². The molecule has 4 bridgehead atoms. The fraction of sp³-hybridized carbons (Fsp3) is 0.619. The van der Waals surface area contributed by atoms with E-state index >= 15 is 0 Å². The van der Waals surface area contributed by atoms with E-state index in [0.29, 0.717) is 25.1 Å². The van der Waals surface area contributed by atoms with Gasteiger partial charge in [-0.25, -0.2) is 4.39 Å². The maximum absolute atomic E-state index is 12.9. The highest BCUT2D eigenvalue weighted by atomic mass is 19.1. The van der Waals surface area contributed by atoms with E-state index < -0.39 is 0 Å². The molecular weight excluding hydrogens is 331 g/mol. The summed E-state index contributed by atoms with van der Waals surface area (Å²) in [5.74, 6) is 2.06. The Hall–Kier alpha value is -1.91. The smallest absolute Gasteiger partial charge is 0.226 e. The molecule has 0 atom stereocenters. The molecule has 0 aliphatic heterocycles. The summed E-state index contributed by atoms with van der Waals surface area (Å²) in [6.07, 6.45) is 8.15. The van der Waals surface area contributed by atoms with E-state index in [4.69, 9.17) is 0 Å². The van der Waals surface area contributed by atoms with E-state index in [-0.39, 0.29) is 23.0 Å². The zero-order valence-corrected chi connectivity index (χ0v) is 15.1. The molecule has 5 rings (SSSR count). The molecule has 4 nitrogen and oxygen atoms in total. The Morgan fingerprint density at radius 1 is 1.00 bits per heavy atom. The van der Waals surface area contributed by atoms with Crippen LogP contribution in [-0.4, -0.2) is 18.4 Å². The fourth-order valence-electron chi connectivity index (χ4n) is 5.78. The van der Waals surface area contributed by atoms with Crippen molar-refractivity contribution in [1.29, 1.82) is 0 Å². The minimum absolute atomic E-state index is 0.110. The third-order valence-corrected chi connectivity index (χ3v) is 6.51. The predicted octanol–water partition coefficient (Wildman–Crippen LogP) is 3.88. The Morgan fingerprint density at radius 3 is 2.15 bits per heavy atom. The van der Waals surface area contributed by atoms with Crippen LogP contribution in [0.25, 0.3) is 0 Å². The number of benzene rings is 1. The number of anilines is 1. The maximum Gasteiger partial charge on any atom is 0.226 e. The first-order valence-electron chi connectivity index (χ1n) is 9.86. The lowest BCUT2D eigenvalue weighted by Gasteiger charge is -2.55. The lowest BCUT2D eigenvalue weighted by molar-refractivity contribution is -0.146. The first-order valence-corrected chi connectivity index (χ1v) is 9.86. The number of amides is 2. The quantitative estimate of drug-likeness (QED) is 0.758. The van der Waals surface area contributed by atoms with Crippen molar-refractivity contribution in [2.45, 2.75) is 51.4 Å². The van der Waals surface area contributed by atoms with Gasteiger partial charge in [0.25, 0.3) is 0 Å². The fourth-order valence-corrected chi connectivity index (χ4v) is 5.78. The Kier molecular flexibility index (Phi) is 4.72. The van der Waals surface area contributed by atoms with Crippen molar-refractivity contribution in [3.05, 3.63) is 30.1 Å². The normalized spacial score (nSPS) is 31.7. The van der Waals surface area contributed by atoms with Gasteiger partial charge in [-0.2, -0.15) is 0 Å². The average molecular weight is 358 g/mol. The third-order valence-electron chi connectivity index (χ3n) is 6.51. The topological polar surface area (TPSA) is 58.2 Å². The van der Waals surface area contributed by atoms with Gasteiger partial charge in [0, 0.05) is 24.1 Å². The van der Waals surface area contributed by atoms with Crippen molar-refractivity contribution in [1.82, 2.24) is 5.32 Å². The number of hydrogen-bond donors (Lipinski definition) is 2. The third kappa shape index (κ3) is 3.62. The molecule has 0 unspecified atom stereocenters. The predicted molar refractivity (Wildman–Crippen MR) is 97.9 cm³/mol. The van der Waals surface area contributed by atoms with Crippen LogP contribution in [-0.2, 0) is 9.59 Å². The number of carbonyl (C=O) groups excluding carboxylic acids is 2. The molecule has 4 aliphatic carbocycles. The van der Waals surface area contributed by atoms with Crippen LogP contribution in [0.15, 0.2) is 24.3 Å². The molecule has 140 valence electrons. The van der Waals surface area contributed by atoms with Gasteiger partial charge in [0.05, 0.1) is 0 Å². The molecule has 5 heteroatoms. The molecular formula is C21H27FN2O2. The number of rotatable bonds is 6. The molecule has 2 N–H and O–H groups in total. The van der Waals surface area contributed by atoms with Gasteiger partial charge >= 0.3 is 0 Å². The Bertz CT molecular complexity index is 650. The first-order chi connectivity index (χ1) is 12.5. The summed E-state index contributed by atoms with van der Waals surface area (Å²) in [4.78, 5) is 24.8. The second-order valence-electron chi connectivity index (χ2n) is 8.61. The van der Waals surface area contributed by atoms with Gasteiger partial charge in [0.2, 0.25) is 11.8 Å².